The molecule has 1 saturated heterocycles. The molecule has 5 nitrogen and oxygen atoms in total. The molecule has 0 aromatic carbocycles. The molecule has 0 N–H and O–H groups in total. The molecule has 0 spiro atoms. The van der Waals surface area contributed by atoms with Crippen LogP contribution in [0.5, 0.6) is 0 Å². The minimum atomic E-state index is -3.45. The predicted octanol–water partition coefficient (Wildman–Crippen LogP) is 0.669. The van der Waals surface area contributed by atoms with Gasteiger partial charge >= 0.3 is 0 Å². The molecular formula is C9H16O5S. The van der Waals surface area contributed by atoms with Crippen molar-refractivity contribution < 1.29 is 22.1 Å². The van der Waals surface area contributed by atoms with Crippen molar-refractivity contribution in [1.29, 1.82) is 0 Å². The van der Waals surface area contributed by atoms with E-state index in [1.807, 2.05) is 0 Å². The largest absolute Gasteiger partial charge is 0.342 e. The lowest BCUT2D eigenvalue weighted by Crippen LogP contribution is -2.27. The van der Waals surface area contributed by atoms with Gasteiger partial charge in [0, 0.05) is 0 Å². The summed E-state index contributed by atoms with van der Waals surface area (Å²) in [7, 11) is -3.45. The monoisotopic (exact) mass is 236 g/mol. The van der Waals surface area contributed by atoms with Crippen molar-refractivity contribution in [3.05, 3.63) is 12.7 Å². The second-order valence-electron chi connectivity index (χ2n) is 3.86. The Balaban J connectivity index is 2.58. The lowest BCUT2D eigenvalue weighted by Gasteiger charge is -2.16. The Morgan fingerprint density at radius 3 is 2.53 bits per heavy atom. The third kappa shape index (κ3) is 3.90. The highest BCUT2D eigenvalue weighted by Crippen LogP contribution is 2.28. The summed E-state index contributed by atoms with van der Waals surface area (Å²) in [5, 5.41) is 0. The summed E-state index contributed by atoms with van der Waals surface area (Å²) in [6.07, 6.45) is 1.79. The van der Waals surface area contributed by atoms with Gasteiger partial charge in [-0.2, -0.15) is 8.42 Å². The Hall–Kier alpha value is -0.430. The van der Waals surface area contributed by atoms with Gasteiger partial charge in [-0.25, -0.2) is 0 Å². The fourth-order valence-corrected chi connectivity index (χ4v) is 1.76. The minimum Gasteiger partial charge on any atom is -0.342 e. The SMILES string of the molecule is C=C[C@@H]1OC(C)(C)O[C@@H]1COS(C)(=O)=O. The zero-order valence-electron chi connectivity index (χ0n) is 9.10. The smallest absolute Gasteiger partial charge is 0.264 e. The van der Waals surface area contributed by atoms with Gasteiger partial charge in [-0.15, -0.1) is 6.58 Å². The Bertz CT molecular complexity index is 332. The second-order valence-corrected chi connectivity index (χ2v) is 5.51. The second kappa shape index (κ2) is 4.21. The van der Waals surface area contributed by atoms with Crippen molar-refractivity contribution in [1.82, 2.24) is 0 Å². The van der Waals surface area contributed by atoms with Crippen LogP contribution < -0.4 is 0 Å². The first-order chi connectivity index (χ1) is 6.73. The molecule has 0 bridgehead atoms. The van der Waals surface area contributed by atoms with E-state index in [0.717, 1.165) is 6.26 Å². The maximum atomic E-state index is 10.8. The van der Waals surface area contributed by atoms with E-state index < -0.39 is 22.0 Å². The van der Waals surface area contributed by atoms with Crippen LogP contribution in [0, 0.1) is 0 Å². The van der Waals surface area contributed by atoms with E-state index in [9.17, 15) is 8.42 Å². The zero-order chi connectivity index (χ0) is 11.7. The van der Waals surface area contributed by atoms with Crippen molar-refractivity contribution in [3.8, 4) is 0 Å². The van der Waals surface area contributed by atoms with Gasteiger partial charge in [-0.05, 0) is 13.8 Å². The lowest BCUT2D eigenvalue weighted by atomic mass is 10.2. The van der Waals surface area contributed by atoms with E-state index in [1.165, 1.54) is 0 Å². The first-order valence-corrected chi connectivity index (χ1v) is 6.38. The molecule has 0 aromatic heterocycles. The Labute approximate surface area is 90.1 Å². The minimum absolute atomic E-state index is 0.0566. The third-order valence-corrected chi connectivity index (χ3v) is 2.46. The van der Waals surface area contributed by atoms with Gasteiger partial charge in [0.15, 0.2) is 5.79 Å². The zero-order valence-corrected chi connectivity index (χ0v) is 9.91. The van der Waals surface area contributed by atoms with Crippen LogP contribution in [0.1, 0.15) is 13.8 Å². The summed E-state index contributed by atoms with van der Waals surface area (Å²) in [5.74, 6) is -0.732. The standard InChI is InChI=1S/C9H16O5S/c1-5-7-8(6-12-15(4,10)11)14-9(2,3)13-7/h5,7-8H,1,6H2,2-4H3/t7-,8+/m0/s1. The molecule has 0 aliphatic carbocycles. The first-order valence-electron chi connectivity index (χ1n) is 4.56. The summed E-state index contributed by atoms with van der Waals surface area (Å²) in [5.41, 5.74) is 0. The fraction of sp³-hybridized carbons (Fsp3) is 0.778. The summed E-state index contributed by atoms with van der Waals surface area (Å²) in [6.45, 7) is 7.04. The van der Waals surface area contributed by atoms with Crippen LogP contribution in [0.15, 0.2) is 12.7 Å². The summed E-state index contributed by atoms with van der Waals surface area (Å²) in [4.78, 5) is 0. The van der Waals surface area contributed by atoms with Crippen molar-refractivity contribution in [2.45, 2.75) is 31.8 Å². The van der Waals surface area contributed by atoms with E-state index in [0.29, 0.717) is 0 Å². The first kappa shape index (κ1) is 12.6. The molecule has 0 unspecified atom stereocenters. The highest BCUT2D eigenvalue weighted by Gasteiger charge is 2.40. The van der Waals surface area contributed by atoms with Gasteiger partial charge in [0.1, 0.15) is 12.2 Å². The average molecular weight is 236 g/mol. The Morgan fingerprint density at radius 1 is 1.47 bits per heavy atom. The number of ether oxygens (including phenoxy) is 2. The Kier molecular flexibility index (Phi) is 3.55. The predicted molar refractivity (Wildman–Crippen MR) is 54.8 cm³/mol. The fourth-order valence-electron chi connectivity index (χ4n) is 1.38. The number of rotatable bonds is 4. The van der Waals surface area contributed by atoms with Crippen molar-refractivity contribution in [3.63, 3.8) is 0 Å². The summed E-state index contributed by atoms with van der Waals surface area (Å²) >= 11 is 0. The summed E-state index contributed by atoms with van der Waals surface area (Å²) < 4.78 is 37.2. The molecule has 0 saturated carbocycles. The maximum absolute atomic E-state index is 10.8. The van der Waals surface area contributed by atoms with Crippen molar-refractivity contribution in [2.75, 3.05) is 12.9 Å². The molecule has 1 heterocycles. The van der Waals surface area contributed by atoms with Crippen molar-refractivity contribution in [2.24, 2.45) is 0 Å². The highest BCUT2D eigenvalue weighted by molar-refractivity contribution is 7.85. The third-order valence-electron chi connectivity index (χ3n) is 1.90. The van der Waals surface area contributed by atoms with E-state index in [-0.39, 0.29) is 12.7 Å². The van der Waals surface area contributed by atoms with Crippen LogP contribution in [0.25, 0.3) is 0 Å². The van der Waals surface area contributed by atoms with Crippen LogP contribution in [-0.2, 0) is 23.8 Å². The van der Waals surface area contributed by atoms with Gasteiger partial charge in [-0.3, -0.25) is 4.18 Å². The normalized spacial score (nSPS) is 30.3. The van der Waals surface area contributed by atoms with E-state index in [2.05, 4.69) is 10.8 Å². The molecule has 1 rings (SSSR count). The van der Waals surface area contributed by atoms with Crippen molar-refractivity contribution >= 4 is 10.1 Å². The molecular weight excluding hydrogens is 220 g/mol. The molecule has 0 radical (unpaired) electrons. The Morgan fingerprint density at radius 2 is 2.07 bits per heavy atom. The number of hydrogen-bond acceptors (Lipinski definition) is 5. The van der Waals surface area contributed by atoms with Gasteiger partial charge in [0.05, 0.1) is 12.9 Å². The molecule has 15 heavy (non-hydrogen) atoms. The van der Waals surface area contributed by atoms with Gasteiger partial charge in [0.2, 0.25) is 0 Å². The maximum Gasteiger partial charge on any atom is 0.264 e. The van der Waals surface area contributed by atoms with Crippen LogP contribution in [-0.4, -0.2) is 39.3 Å². The molecule has 1 aliphatic heterocycles. The topological polar surface area (TPSA) is 61.8 Å². The van der Waals surface area contributed by atoms with Gasteiger partial charge < -0.3 is 9.47 Å². The van der Waals surface area contributed by atoms with Crippen LogP contribution in [0.4, 0.5) is 0 Å². The molecule has 1 fully saturated rings. The molecule has 1 aliphatic rings. The lowest BCUT2D eigenvalue weighted by molar-refractivity contribution is -0.145. The van der Waals surface area contributed by atoms with E-state index >= 15 is 0 Å². The van der Waals surface area contributed by atoms with Gasteiger partial charge in [-0.1, -0.05) is 6.08 Å². The molecule has 88 valence electrons. The molecule has 6 heteroatoms. The van der Waals surface area contributed by atoms with E-state index in [4.69, 9.17) is 9.47 Å². The summed E-state index contributed by atoms with van der Waals surface area (Å²) in [6, 6.07) is 0. The molecule has 0 aromatic rings. The average Bonchev–Trinajstić information content (AvgIpc) is 2.36. The van der Waals surface area contributed by atoms with Gasteiger partial charge in [0.25, 0.3) is 10.1 Å². The van der Waals surface area contributed by atoms with Crippen LogP contribution >= 0.6 is 0 Å². The quantitative estimate of drug-likeness (QED) is 0.530. The highest BCUT2D eigenvalue weighted by atomic mass is 32.2. The molecule has 2 atom stereocenters. The molecule has 0 amide bonds. The van der Waals surface area contributed by atoms with Crippen LogP contribution in [0.2, 0.25) is 0 Å². The van der Waals surface area contributed by atoms with Crippen LogP contribution in [0.3, 0.4) is 0 Å². The van der Waals surface area contributed by atoms with E-state index in [1.54, 1.807) is 19.9 Å². The number of hydrogen-bond donors (Lipinski definition) is 0.